The number of aromatic nitrogens is 5. The molecule has 2 aromatic carbocycles. The van der Waals surface area contributed by atoms with E-state index >= 15 is 0 Å². The number of hydrogen-bond acceptors (Lipinski definition) is 7. The van der Waals surface area contributed by atoms with E-state index in [9.17, 15) is 26.4 Å². The third kappa shape index (κ3) is 7.83. The van der Waals surface area contributed by atoms with Gasteiger partial charge in [0.15, 0.2) is 0 Å². The van der Waals surface area contributed by atoms with Gasteiger partial charge in [-0.15, -0.1) is 0 Å². The van der Waals surface area contributed by atoms with Crippen molar-refractivity contribution in [3.8, 4) is 17.7 Å². The second-order valence-corrected chi connectivity index (χ2v) is 10.6. The van der Waals surface area contributed by atoms with E-state index in [0.29, 0.717) is 35.4 Å². The monoisotopic (exact) mass is 599 g/mol. The summed E-state index contributed by atoms with van der Waals surface area (Å²) in [6.07, 6.45) is 2.86. The molecule has 0 unspecified atom stereocenters. The van der Waals surface area contributed by atoms with Crippen molar-refractivity contribution in [3.05, 3.63) is 95.0 Å². The molecule has 0 spiro atoms. The number of carbonyl (C=O) groups is 1. The summed E-state index contributed by atoms with van der Waals surface area (Å²) in [6, 6.07) is 13.2. The summed E-state index contributed by atoms with van der Waals surface area (Å²) in [7, 11) is -3.67. The largest absolute Gasteiger partial charge is 0.416 e. The average Bonchev–Trinajstić information content (AvgIpc) is 3.55. The summed E-state index contributed by atoms with van der Waals surface area (Å²) < 4.78 is 69.6. The number of amides is 1. The Morgan fingerprint density at radius 1 is 1.14 bits per heavy atom. The Morgan fingerprint density at radius 3 is 2.55 bits per heavy atom. The van der Waals surface area contributed by atoms with Crippen molar-refractivity contribution in [1.29, 1.82) is 0 Å². The number of rotatable bonds is 3. The lowest BCUT2D eigenvalue weighted by Crippen LogP contribution is -2.21. The van der Waals surface area contributed by atoms with Crippen LogP contribution in [0.5, 0.6) is 0 Å². The summed E-state index contributed by atoms with van der Waals surface area (Å²) in [5.74, 6) is 2.91. The Bertz CT molecular complexity index is 1830. The Balaban J connectivity index is 0.000000748. The van der Waals surface area contributed by atoms with Gasteiger partial charge in [0.2, 0.25) is 0 Å². The summed E-state index contributed by atoms with van der Waals surface area (Å²) >= 11 is 0. The van der Waals surface area contributed by atoms with Crippen LogP contribution in [-0.2, 0) is 23.0 Å². The molecule has 4 aromatic rings. The van der Waals surface area contributed by atoms with Crippen LogP contribution in [0.1, 0.15) is 38.6 Å². The molecule has 0 fully saturated rings. The smallest absolute Gasteiger partial charge is 0.322 e. The fraction of sp³-hybridized carbons (Fsp3) is 0.185. The highest BCUT2D eigenvalue weighted by atomic mass is 32.2. The Kier molecular flexibility index (Phi) is 8.50. The highest BCUT2D eigenvalue weighted by molar-refractivity contribution is 7.85. The second kappa shape index (κ2) is 11.9. The minimum atomic E-state index is -4.61. The zero-order valence-electron chi connectivity index (χ0n) is 22.5. The van der Waals surface area contributed by atoms with Crippen LogP contribution in [0.2, 0.25) is 0 Å². The van der Waals surface area contributed by atoms with Gasteiger partial charge in [-0.1, -0.05) is 6.07 Å². The standard InChI is InChI=1S/C26H20F3N7O.CH4O3S/c1-17-19(7-10-34-11-8-22-6-9-31-36(22)16-34)4-3-5-24(17)25(37)32-21-12-20(26(27,28)29)13-23(14-21)35-15-30-18(2)33-35;1-5(2,3)4/h3-6,8-9,11-15H,16H2,1-2H3,(H,32,37);1H3,(H,2,3,4). The molecule has 1 amide bonds. The minimum Gasteiger partial charge on any atom is -0.322 e. The van der Waals surface area contributed by atoms with E-state index < -0.39 is 27.8 Å². The lowest BCUT2D eigenvalue weighted by molar-refractivity contribution is -0.137. The van der Waals surface area contributed by atoms with Crippen molar-refractivity contribution in [2.45, 2.75) is 26.7 Å². The van der Waals surface area contributed by atoms with Gasteiger partial charge in [-0.3, -0.25) is 14.2 Å². The zero-order chi connectivity index (χ0) is 30.7. The van der Waals surface area contributed by atoms with Crippen molar-refractivity contribution in [2.24, 2.45) is 0 Å². The van der Waals surface area contributed by atoms with Gasteiger partial charge in [-0.2, -0.15) is 31.8 Å². The molecule has 11 nitrogen and oxygen atoms in total. The number of fused-ring (bicyclic) bond motifs is 1. The molecule has 0 saturated carbocycles. The minimum absolute atomic E-state index is 0.0210. The third-order valence-corrected chi connectivity index (χ3v) is 5.75. The number of hydrogen-bond donors (Lipinski definition) is 2. The summed E-state index contributed by atoms with van der Waals surface area (Å²) in [4.78, 5) is 18.8. The number of carbonyl (C=O) groups excluding carboxylic acids is 1. The molecular formula is C27H24F3N7O4S. The van der Waals surface area contributed by atoms with Gasteiger partial charge in [-0.05, 0) is 67.8 Å². The molecule has 1 aliphatic heterocycles. The number of aryl methyl sites for hydroxylation is 1. The van der Waals surface area contributed by atoms with Gasteiger partial charge >= 0.3 is 6.18 Å². The van der Waals surface area contributed by atoms with Crippen LogP contribution >= 0.6 is 0 Å². The van der Waals surface area contributed by atoms with Crippen LogP contribution in [0.4, 0.5) is 18.9 Å². The van der Waals surface area contributed by atoms with Crippen LogP contribution < -0.4 is 5.32 Å². The predicted octanol–water partition coefficient (Wildman–Crippen LogP) is 4.11. The van der Waals surface area contributed by atoms with Gasteiger partial charge in [0.25, 0.3) is 16.0 Å². The Hall–Kier alpha value is -4.94. The maximum Gasteiger partial charge on any atom is 0.416 e. The highest BCUT2D eigenvalue weighted by Crippen LogP contribution is 2.33. The number of anilines is 1. The van der Waals surface area contributed by atoms with Gasteiger partial charge in [0, 0.05) is 35.3 Å². The van der Waals surface area contributed by atoms with E-state index in [1.54, 1.807) is 47.8 Å². The van der Waals surface area contributed by atoms with Crippen LogP contribution in [0.3, 0.4) is 0 Å². The summed E-state index contributed by atoms with van der Waals surface area (Å²) in [6.45, 7) is 3.84. The topological polar surface area (TPSA) is 135 Å². The zero-order valence-corrected chi connectivity index (χ0v) is 23.3. The highest BCUT2D eigenvalue weighted by Gasteiger charge is 2.32. The number of alkyl halides is 3. The fourth-order valence-corrected chi connectivity index (χ4v) is 3.83. The first-order chi connectivity index (χ1) is 19.7. The molecule has 15 heteroatoms. The molecule has 2 aromatic heterocycles. The molecule has 3 heterocycles. The van der Waals surface area contributed by atoms with Crippen molar-refractivity contribution < 1.29 is 30.9 Å². The normalized spacial score (nSPS) is 12.5. The molecule has 1 aliphatic rings. The van der Waals surface area contributed by atoms with Gasteiger partial charge in [0.05, 0.1) is 23.2 Å². The van der Waals surface area contributed by atoms with Crippen molar-refractivity contribution >= 4 is 27.8 Å². The number of nitrogens with zero attached hydrogens (tertiary/aromatic N) is 6. The molecule has 0 aliphatic carbocycles. The van der Waals surface area contributed by atoms with Crippen LogP contribution in [0.15, 0.2) is 61.2 Å². The quantitative estimate of drug-likeness (QED) is 0.265. The van der Waals surface area contributed by atoms with Crippen LogP contribution in [0.25, 0.3) is 11.8 Å². The molecular weight excluding hydrogens is 575 g/mol. The van der Waals surface area contributed by atoms with E-state index in [1.807, 2.05) is 18.3 Å². The molecule has 0 radical (unpaired) electrons. The van der Waals surface area contributed by atoms with Gasteiger partial charge in [0.1, 0.15) is 18.8 Å². The molecule has 2 N–H and O–H groups in total. The third-order valence-electron chi connectivity index (χ3n) is 5.75. The first kappa shape index (κ1) is 30.0. The maximum atomic E-state index is 13.6. The SMILES string of the molecule is CS(=O)(=O)O.Cc1ncn(-c2cc(NC(=O)c3cccc(C#CN4C=Cc5ccnn5C4)c3C)cc(C(F)(F)F)c2)n1. The van der Waals surface area contributed by atoms with Crippen LogP contribution in [-0.4, -0.2) is 54.6 Å². The van der Waals surface area contributed by atoms with E-state index in [1.165, 1.54) is 17.1 Å². The van der Waals surface area contributed by atoms with Gasteiger partial charge < -0.3 is 5.32 Å². The lowest BCUT2D eigenvalue weighted by atomic mass is 10.0. The molecule has 0 saturated heterocycles. The van der Waals surface area contributed by atoms with Crippen molar-refractivity contribution in [2.75, 3.05) is 11.6 Å². The number of benzene rings is 2. The number of halogens is 3. The first-order valence-electron chi connectivity index (χ1n) is 12.1. The fourth-order valence-electron chi connectivity index (χ4n) is 3.83. The van der Waals surface area contributed by atoms with E-state index in [2.05, 4.69) is 32.5 Å². The van der Waals surface area contributed by atoms with E-state index in [0.717, 1.165) is 17.8 Å². The molecule has 5 rings (SSSR count). The second-order valence-electron chi connectivity index (χ2n) is 9.09. The van der Waals surface area contributed by atoms with E-state index in [4.69, 9.17) is 4.55 Å². The summed E-state index contributed by atoms with van der Waals surface area (Å²) in [5, 5.41) is 10.9. The van der Waals surface area contributed by atoms with Crippen molar-refractivity contribution in [1.82, 2.24) is 29.4 Å². The van der Waals surface area contributed by atoms with Crippen molar-refractivity contribution in [3.63, 3.8) is 0 Å². The molecule has 0 atom stereocenters. The Labute approximate surface area is 239 Å². The summed E-state index contributed by atoms with van der Waals surface area (Å²) in [5.41, 5.74) is 1.68. The molecule has 0 bridgehead atoms. The molecule has 42 heavy (non-hydrogen) atoms. The average molecular weight is 600 g/mol. The lowest BCUT2D eigenvalue weighted by Gasteiger charge is -2.18. The van der Waals surface area contributed by atoms with Gasteiger partial charge in [-0.25, -0.2) is 14.3 Å². The van der Waals surface area contributed by atoms with E-state index in [-0.39, 0.29) is 11.4 Å². The van der Waals surface area contributed by atoms with Crippen LogP contribution in [0, 0.1) is 25.8 Å². The Morgan fingerprint density at radius 2 is 1.88 bits per heavy atom. The maximum absolute atomic E-state index is 13.6. The number of nitrogens with one attached hydrogen (secondary N) is 1. The molecule has 218 valence electrons. The predicted molar refractivity (Wildman–Crippen MR) is 148 cm³/mol. The first-order valence-corrected chi connectivity index (χ1v) is 13.9.